The number of rotatable bonds is 1. The zero-order valence-corrected chi connectivity index (χ0v) is 27.3. The number of nitrogens with zero attached hydrogens (tertiary/aromatic N) is 6. The maximum Gasteiger partial charge on any atom is 0.297 e. The van der Waals surface area contributed by atoms with Crippen molar-refractivity contribution in [2.24, 2.45) is 5.92 Å². The average molecular weight is 657 g/mol. The Morgan fingerprint density at radius 2 is 1.91 bits per heavy atom. The van der Waals surface area contributed by atoms with E-state index in [4.69, 9.17) is 40.4 Å². The molecule has 12 heteroatoms. The fraction of sp³-hybridized carbons (Fsp3) is 0.457. The zero-order chi connectivity index (χ0) is 32.2. The Labute approximate surface area is 276 Å². The third-order valence-corrected chi connectivity index (χ3v) is 10.1. The molecule has 4 aliphatic heterocycles. The lowest BCUT2D eigenvalue weighted by Crippen LogP contribution is -2.43. The highest BCUT2D eigenvalue weighted by Gasteiger charge is 2.41. The third kappa shape index (κ3) is 5.49. The summed E-state index contributed by atoms with van der Waals surface area (Å²) in [6, 6.07) is 13.6. The number of ether oxygens (including phenoxy) is 2. The Balaban J connectivity index is 1.23. The van der Waals surface area contributed by atoms with E-state index in [9.17, 15) is 9.59 Å². The van der Waals surface area contributed by atoms with Gasteiger partial charge in [-0.25, -0.2) is 9.97 Å². The summed E-state index contributed by atoms with van der Waals surface area (Å²) in [4.78, 5) is 45.2. The van der Waals surface area contributed by atoms with E-state index < -0.39 is 6.04 Å². The molecule has 11 nitrogen and oxygen atoms in total. The second kappa shape index (κ2) is 12.1. The minimum absolute atomic E-state index is 0.0215. The smallest absolute Gasteiger partial charge is 0.297 e. The fourth-order valence-corrected chi connectivity index (χ4v) is 7.69. The first-order valence-electron chi connectivity index (χ1n) is 16.5. The lowest BCUT2D eigenvalue weighted by molar-refractivity contribution is -0.134. The van der Waals surface area contributed by atoms with E-state index in [1.807, 2.05) is 52.3 Å². The molecule has 0 saturated carbocycles. The summed E-state index contributed by atoms with van der Waals surface area (Å²) in [7, 11) is 0. The molecule has 2 saturated heterocycles. The van der Waals surface area contributed by atoms with Gasteiger partial charge in [0.05, 0.1) is 30.2 Å². The molecule has 0 aliphatic carbocycles. The van der Waals surface area contributed by atoms with Crippen LogP contribution in [0.1, 0.15) is 51.4 Å². The van der Waals surface area contributed by atoms with Gasteiger partial charge in [0.15, 0.2) is 17.2 Å². The molecule has 0 spiro atoms. The van der Waals surface area contributed by atoms with E-state index in [1.54, 1.807) is 6.92 Å². The number of Topliss-reactive ketones (excluding diaryl/α,β-unsaturated/α-hetero) is 1. The number of para-hydroxylation sites is 1. The zero-order valence-electron chi connectivity index (χ0n) is 26.5. The highest BCUT2D eigenvalue weighted by atomic mass is 35.5. The van der Waals surface area contributed by atoms with Crippen LogP contribution in [0.4, 0.5) is 5.82 Å². The van der Waals surface area contributed by atoms with Gasteiger partial charge >= 0.3 is 0 Å². The van der Waals surface area contributed by atoms with E-state index in [0.717, 1.165) is 22.8 Å². The van der Waals surface area contributed by atoms with Crippen LogP contribution in [0.15, 0.2) is 46.9 Å². The topological polar surface area (TPSA) is 116 Å². The van der Waals surface area contributed by atoms with Gasteiger partial charge in [-0.3, -0.25) is 14.2 Å². The molecule has 244 valence electrons. The second-order valence-electron chi connectivity index (χ2n) is 13.0. The molecule has 9 rings (SSSR count). The van der Waals surface area contributed by atoms with Crippen LogP contribution in [0.3, 0.4) is 0 Å². The number of amides is 1. The normalized spacial score (nSPS) is 24.2. The van der Waals surface area contributed by atoms with Crippen molar-refractivity contribution in [3.63, 3.8) is 0 Å². The van der Waals surface area contributed by atoms with Crippen LogP contribution in [0.5, 0.6) is 6.01 Å². The quantitative estimate of drug-likeness (QED) is 0.222. The number of anilines is 1. The largest absolute Gasteiger partial charge is 0.459 e. The minimum Gasteiger partial charge on any atom is -0.459 e. The standard InChI is InChI=1S/C35H37ClN6O5/c1-20-18-40-13-11-26(20)42-27-10-9-22(36)16-25(27)37-35(42)46-23-17-28(21(2)43)41(19-23)34-33-32(24-6-3-4-7-29(24)47-33)38-30(39-34)12-15-45-14-5-8-31(40)44/h3-4,6-7,9-10,16,20,23,26,28H,5,8,11-15,17-19H2,1-2H3/t20-,23-,26-,28-/m0/s1. The molecular weight excluding hydrogens is 620 g/mol. The summed E-state index contributed by atoms with van der Waals surface area (Å²) >= 11 is 6.40. The fourth-order valence-electron chi connectivity index (χ4n) is 7.53. The number of hydrogen-bond acceptors (Lipinski definition) is 9. The number of halogens is 1. The molecule has 4 aliphatic rings. The van der Waals surface area contributed by atoms with Crippen molar-refractivity contribution in [3.05, 3.63) is 53.3 Å². The highest BCUT2D eigenvalue weighted by molar-refractivity contribution is 6.31. The molecule has 0 N–H and O–H groups in total. The van der Waals surface area contributed by atoms with E-state index in [1.165, 1.54) is 0 Å². The molecule has 5 aromatic rings. The van der Waals surface area contributed by atoms with Crippen molar-refractivity contribution in [1.82, 2.24) is 24.4 Å². The molecule has 1 amide bonds. The first kappa shape index (κ1) is 30.1. The summed E-state index contributed by atoms with van der Waals surface area (Å²) in [5.41, 5.74) is 3.64. The summed E-state index contributed by atoms with van der Waals surface area (Å²) in [5.74, 6) is 1.52. The third-order valence-electron chi connectivity index (χ3n) is 9.84. The predicted octanol–water partition coefficient (Wildman–Crippen LogP) is 5.76. The predicted molar refractivity (Wildman–Crippen MR) is 178 cm³/mol. The summed E-state index contributed by atoms with van der Waals surface area (Å²) in [6.45, 7) is 6.41. The lowest BCUT2D eigenvalue weighted by atomic mass is 9.93. The Bertz CT molecular complexity index is 2010. The van der Waals surface area contributed by atoms with Gasteiger partial charge in [-0.1, -0.05) is 30.7 Å². The number of hydrogen-bond donors (Lipinski definition) is 0. The second-order valence-corrected chi connectivity index (χ2v) is 13.5. The van der Waals surface area contributed by atoms with Gasteiger partial charge in [0.1, 0.15) is 23.0 Å². The van der Waals surface area contributed by atoms with Crippen molar-refractivity contribution in [2.75, 3.05) is 37.7 Å². The van der Waals surface area contributed by atoms with Crippen molar-refractivity contribution in [2.45, 2.75) is 64.1 Å². The van der Waals surface area contributed by atoms with Crippen molar-refractivity contribution in [3.8, 4) is 6.01 Å². The van der Waals surface area contributed by atoms with E-state index in [0.29, 0.717) is 97.9 Å². The van der Waals surface area contributed by atoms with E-state index in [-0.39, 0.29) is 29.8 Å². The van der Waals surface area contributed by atoms with Crippen molar-refractivity contribution in [1.29, 1.82) is 0 Å². The summed E-state index contributed by atoms with van der Waals surface area (Å²) < 4.78 is 21.3. The van der Waals surface area contributed by atoms with Gasteiger partial charge in [0.25, 0.3) is 6.01 Å². The molecule has 6 bridgehead atoms. The molecule has 4 atom stereocenters. The first-order chi connectivity index (χ1) is 22.8. The van der Waals surface area contributed by atoms with Crippen molar-refractivity contribution < 1.29 is 23.5 Å². The van der Waals surface area contributed by atoms with Gasteiger partial charge in [-0.2, -0.15) is 4.98 Å². The molecule has 2 fully saturated rings. The SMILES string of the molecule is CC(=O)[C@@H]1C[C@H]2CN1c1nc(nc3c1oc1ccccc13)CCOCCCC(=O)N1CC[C@@H]([C@@H](C)C1)n1c(nc3cc(Cl)ccc31)O2. The number of furan rings is 1. The maximum atomic E-state index is 13.2. The minimum atomic E-state index is -0.468. The van der Waals surface area contributed by atoms with Gasteiger partial charge in [0.2, 0.25) is 5.91 Å². The Morgan fingerprint density at radius 1 is 1.04 bits per heavy atom. The Kier molecular flexibility index (Phi) is 7.76. The van der Waals surface area contributed by atoms with Gasteiger partial charge < -0.3 is 23.7 Å². The van der Waals surface area contributed by atoms with Gasteiger partial charge in [-0.15, -0.1) is 0 Å². The van der Waals surface area contributed by atoms with Crippen LogP contribution in [0.25, 0.3) is 33.1 Å². The molecule has 7 heterocycles. The summed E-state index contributed by atoms with van der Waals surface area (Å²) in [5, 5.41) is 1.49. The Morgan fingerprint density at radius 3 is 2.77 bits per heavy atom. The van der Waals surface area contributed by atoms with Crippen LogP contribution in [-0.2, 0) is 20.7 Å². The van der Waals surface area contributed by atoms with Crippen molar-refractivity contribution >= 4 is 62.2 Å². The first-order valence-corrected chi connectivity index (χ1v) is 16.9. The van der Waals surface area contributed by atoms with Gasteiger partial charge in [0, 0.05) is 55.4 Å². The van der Waals surface area contributed by atoms with Gasteiger partial charge in [-0.05, 0) is 56.0 Å². The average Bonchev–Trinajstić information content (AvgIpc) is 3.75. The number of carbonyl (C=O) groups is 2. The maximum absolute atomic E-state index is 13.2. The molecular formula is C35H37ClN6O5. The van der Waals surface area contributed by atoms with Crippen LogP contribution in [0, 0.1) is 5.92 Å². The number of benzene rings is 2. The monoisotopic (exact) mass is 656 g/mol. The van der Waals surface area contributed by atoms with E-state index >= 15 is 0 Å². The number of piperidine rings is 1. The molecule has 47 heavy (non-hydrogen) atoms. The Hall–Kier alpha value is -4.22. The van der Waals surface area contributed by atoms with E-state index in [2.05, 4.69) is 11.5 Å². The molecule has 2 aromatic carbocycles. The summed E-state index contributed by atoms with van der Waals surface area (Å²) in [6.07, 6.45) is 2.45. The molecule has 0 unspecified atom stereocenters. The number of ketones is 1. The number of aromatic nitrogens is 4. The number of imidazole rings is 1. The number of carbonyl (C=O) groups excluding carboxylic acids is 2. The van der Waals surface area contributed by atoms with Crippen LogP contribution in [0.2, 0.25) is 5.02 Å². The highest BCUT2D eigenvalue weighted by Crippen LogP contribution is 2.40. The molecule has 3 aromatic heterocycles. The van der Waals surface area contributed by atoms with Crippen LogP contribution in [-0.4, -0.2) is 81.1 Å². The van der Waals surface area contributed by atoms with Crippen LogP contribution >= 0.6 is 11.6 Å². The lowest BCUT2D eigenvalue weighted by Gasteiger charge is -2.38. The number of fused-ring (bicyclic) bond motifs is 12. The van der Waals surface area contributed by atoms with Crippen LogP contribution < -0.4 is 9.64 Å². The molecule has 0 radical (unpaired) electrons.